The quantitative estimate of drug-likeness (QED) is 0.0222. The van der Waals surface area contributed by atoms with Crippen LogP contribution in [0.15, 0.2) is 0 Å². The lowest BCUT2D eigenvalue weighted by Crippen LogP contribution is -2.30. The van der Waals surface area contributed by atoms with Gasteiger partial charge in [0.1, 0.15) is 19.3 Å². The molecule has 0 rings (SSSR count). The third kappa shape index (κ3) is 69.2. The summed E-state index contributed by atoms with van der Waals surface area (Å²) in [5, 5.41) is 10.6. The molecule has 17 nitrogen and oxygen atoms in total. The van der Waals surface area contributed by atoms with Crippen LogP contribution in [0.4, 0.5) is 0 Å². The Balaban J connectivity index is 5.15. The van der Waals surface area contributed by atoms with Crippen molar-refractivity contribution in [3.8, 4) is 0 Å². The van der Waals surface area contributed by atoms with Gasteiger partial charge in [-0.2, -0.15) is 0 Å². The van der Waals surface area contributed by atoms with Crippen molar-refractivity contribution in [1.82, 2.24) is 0 Å². The van der Waals surface area contributed by atoms with Crippen LogP contribution in [-0.4, -0.2) is 96.7 Å². The van der Waals surface area contributed by atoms with E-state index in [4.69, 9.17) is 37.0 Å². The largest absolute Gasteiger partial charge is 0.472 e. The van der Waals surface area contributed by atoms with Gasteiger partial charge in [-0.15, -0.1) is 0 Å². The van der Waals surface area contributed by atoms with E-state index in [0.29, 0.717) is 25.7 Å². The Morgan fingerprint density at radius 1 is 0.292 bits per heavy atom. The second-order valence-electron chi connectivity index (χ2n) is 28.0. The Kier molecular flexibility index (Phi) is 68.7. The SMILES string of the molecule is CCCCCCCCCCCCCCCCCCCCCCC(=O)O[C@H](COC(=O)CCCCCCCCCCCCCCCCCCCCC)COP(=O)(O)OC[C@@H](O)COP(=O)(O)OC[C@@H](COC(=O)CCCCCCCCC)OC(=O)CCCCCCCCC(C)CC. The third-order valence-corrected chi connectivity index (χ3v) is 20.3. The zero-order valence-electron chi connectivity index (χ0n) is 62.5. The Bertz CT molecular complexity index is 1840. The summed E-state index contributed by atoms with van der Waals surface area (Å²) in [4.78, 5) is 72.6. The molecule has 3 N–H and O–H groups in total. The smallest absolute Gasteiger partial charge is 0.462 e. The highest BCUT2D eigenvalue weighted by Crippen LogP contribution is 2.45. The van der Waals surface area contributed by atoms with Crippen LogP contribution in [0.2, 0.25) is 0 Å². The van der Waals surface area contributed by atoms with Crippen LogP contribution in [0.3, 0.4) is 0 Å². The minimum atomic E-state index is -4.96. The molecule has 0 bridgehead atoms. The maximum absolute atomic E-state index is 13.1. The van der Waals surface area contributed by atoms with Crippen molar-refractivity contribution in [2.24, 2.45) is 5.92 Å². The van der Waals surface area contributed by atoms with E-state index in [1.54, 1.807) is 0 Å². The molecular weight excluding hydrogens is 1260 g/mol. The molecule has 0 aromatic carbocycles. The Labute approximate surface area is 588 Å². The molecule has 0 radical (unpaired) electrons. The van der Waals surface area contributed by atoms with E-state index >= 15 is 0 Å². The van der Waals surface area contributed by atoms with Crippen molar-refractivity contribution >= 4 is 39.5 Å². The fourth-order valence-corrected chi connectivity index (χ4v) is 13.4. The highest BCUT2D eigenvalue weighted by Gasteiger charge is 2.30. The third-order valence-electron chi connectivity index (χ3n) is 18.4. The van der Waals surface area contributed by atoms with Crippen LogP contribution in [-0.2, 0) is 65.4 Å². The molecule has 0 aromatic heterocycles. The number of hydrogen-bond donors (Lipinski definition) is 3. The molecule has 0 spiro atoms. The summed E-state index contributed by atoms with van der Waals surface area (Å²) in [7, 11) is -9.90. The van der Waals surface area contributed by atoms with E-state index in [0.717, 1.165) is 109 Å². The molecule has 0 saturated heterocycles. The summed E-state index contributed by atoms with van der Waals surface area (Å²) in [5.74, 6) is -1.40. The van der Waals surface area contributed by atoms with Gasteiger partial charge in [0.05, 0.1) is 26.4 Å². The summed E-state index contributed by atoms with van der Waals surface area (Å²) in [6, 6.07) is 0. The zero-order chi connectivity index (χ0) is 70.5. The van der Waals surface area contributed by atoms with E-state index in [-0.39, 0.29) is 25.7 Å². The molecule has 0 fully saturated rings. The lowest BCUT2D eigenvalue weighted by atomic mass is 10.00. The fraction of sp³-hybridized carbons (Fsp3) is 0.948. The van der Waals surface area contributed by atoms with E-state index in [1.165, 1.54) is 218 Å². The molecule has 0 aliphatic carbocycles. The molecular formula is C77H150O17P2. The number of carbonyl (C=O) groups excluding carboxylic acids is 4. The van der Waals surface area contributed by atoms with E-state index in [1.807, 2.05) is 0 Å². The number of phosphoric ester groups is 2. The van der Waals surface area contributed by atoms with Crippen molar-refractivity contribution in [3.63, 3.8) is 0 Å². The van der Waals surface area contributed by atoms with Crippen LogP contribution >= 0.6 is 15.6 Å². The van der Waals surface area contributed by atoms with Gasteiger partial charge in [-0.1, -0.05) is 356 Å². The fourth-order valence-electron chi connectivity index (χ4n) is 11.8. The minimum absolute atomic E-state index is 0.103. The lowest BCUT2D eigenvalue weighted by Gasteiger charge is -2.21. The van der Waals surface area contributed by atoms with Crippen molar-refractivity contribution in [3.05, 3.63) is 0 Å². The number of ether oxygens (including phenoxy) is 4. The number of aliphatic hydroxyl groups excluding tert-OH is 1. The van der Waals surface area contributed by atoms with Crippen molar-refractivity contribution in [2.75, 3.05) is 39.6 Å². The summed E-state index contributed by atoms with van der Waals surface area (Å²) in [5.41, 5.74) is 0. The van der Waals surface area contributed by atoms with E-state index in [9.17, 15) is 43.2 Å². The topological polar surface area (TPSA) is 237 Å². The molecule has 19 heteroatoms. The first kappa shape index (κ1) is 94.1. The van der Waals surface area contributed by atoms with Gasteiger partial charge < -0.3 is 33.8 Å². The molecule has 0 aromatic rings. The standard InChI is InChI=1S/C77H150O17P2/c1-6-10-13-16-19-21-23-25-27-29-31-33-35-37-39-41-43-46-52-57-62-76(81)93-72(67-88-75(80)61-56-51-45-42-40-38-36-34-32-30-28-26-24-22-20-17-14-11-7-2)68-91-95(83,84)89-64-71(78)65-90-96(85,86)92-69-73(66-87-74(79)60-55-50-44-18-15-12-8-3)94-77(82)63-58-53-48-47-49-54-59-70(5)9-4/h70-73,78H,6-69H2,1-5H3,(H,83,84)(H,85,86)/t70?,71-,72-,73-/m1/s1. The Morgan fingerprint density at radius 3 is 0.740 bits per heavy atom. The minimum Gasteiger partial charge on any atom is -0.462 e. The highest BCUT2D eigenvalue weighted by atomic mass is 31.2. The van der Waals surface area contributed by atoms with Gasteiger partial charge in [0.2, 0.25) is 0 Å². The monoisotopic (exact) mass is 1410 g/mol. The number of esters is 4. The summed E-state index contributed by atoms with van der Waals surface area (Å²) >= 11 is 0. The molecule has 96 heavy (non-hydrogen) atoms. The summed E-state index contributed by atoms with van der Waals surface area (Å²) in [6.07, 6.45) is 60.1. The summed E-state index contributed by atoms with van der Waals surface area (Å²) in [6.45, 7) is 7.20. The van der Waals surface area contributed by atoms with E-state index < -0.39 is 97.5 Å². The predicted molar refractivity (Wildman–Crippen MR) is 391 cm³/mol. The number of phosphoric acid groups is 2. The maximum Gasteiger partial charge on any atom is 0.472 e. The first-order valence-electron chi connectivity index (χ1n) is 40.2. The van der Waals surface area contributed by atoms with Crippen LogP contribution in [0.5, 0.6) is 0 Å². The molecule has 570 valence electrons. The van der Waals surface area contributed by atoms with Gasteiger partial charge in [0.25, 0.3) is 0 Å². The highest BCUT2D eigenvalue weighted by molar-refractivity contribution is 7.47. The Morgan fingerprint density at radius 2 is 0.500 bits per heavy atom. The van der Waals surface area contributed by atoms with Gasteiger partial charge in [-0.25, -0.2) is 9.13 Å². The van der Waals surface area contributed by atoms with Crippen LogP contribution < -0.4 is 0 Å². The molecule has 0 aliphatic rings. The lowest BCUT2D eigenvalue weighted by molar-refractivity contribution is -0.161. The van der Waals surface area contributed by atoms with Gasteiger partial charge >= 0.3 is 39.5 Å². The first-order chi connectivity index (χ1) is 46.6. The van der Waals surface area contributed by atoms with Gasteiger partial charge in [-0.3, -0.25) is 37.3 Å². The van der Waals surface area contributed by atoms with Gasteiger partial charge in [0, 0.05) is 25.7 Å². The molecule has 0 amide bonds. The van der Waals surface area contributed by atoms with Crippen LogP contribution in [0.25, 0.3) is 0 Å². The van der Waals surface area contributed by atoms with Crippen LogP contribution in [0, 0.1) is 5.92 Å². The van der Waals surface area contributed by atoms with Crippen molar-refractivity contribution in [1.29, 1.82) is 0 Å². The second kappa shape index (κ2) is 70.1. The van der Waals surface area contributed by atoms with Crippen molar-refractivity contribution < 1.29 is 80.2 Å². The normalized spacial score (nSPS) is 14.2. The number of aliphatic hydroxyl groups is 1. The number of carbonyl (C=O) groups is 4. The van der Waals surface area contributed by atoms with Gasteiger partial charge in [0.15, 0.2) is 12.2 Å². The second-order valence-corrected chi connectivity index (χ2v) is 30.9. The summed E-state index contributed by atoms with van der Waals surface area (Å²) < 4.78 is 68.4. The zero-order valence-corrected chi connectivity index (χ0v) is 64.3. The van der Waals surface area contributed by atoms with E-state index in [2.05, 4.69) is 34.6 Å². The average molecular weight is 1410 g/mol. The van der Waals surface area contributed by atoms with Gasteiger partial charge in [-0.05, 0) is 31.6 Å². The number of hydrogen-bond acceptors (Lipinski definition) is 15. The van der Waals surface area contributed by atoms with Crippen LogP contribution in [0.1, 0.15) is 407 Å². The molecule has 3 unspecified atom stereocenters. The molecule has 0 aliphatic heterocycles. The average Bonchev–Trinajstić information content (AvgIpc) is 1.61. The first-order valence-corrected chi connectivity index (χ1v) is 43.2. The maximum atomic E-state index is 13.1. The molecule has 0 heterocycles. The molecule has 0 saturated carbocycles. The molecule has 6 atom stereocenters. The number of rotatable bonds is 77. The Hall–Kier alpha value is -1.94. The predicted octanol–water partition coefficient (Wildman–Crippen LogP) is 22.9. The van der Waals surface area contributed by atoms with Crippen molar-refractivity contribution in [2.45, 2.75) is 425 Å². The number of unbranched alkanes of at least 4 members (excludes halogenated alkanes) is 48.